The Bertz CT molecular complexity index is 1540. The van der Waals surface area contributed by atoms with Gasteiger partial charge in [0.15, 0.2) is 0 Å². The zero-order valence-corrected chi connectivity index (χ0v) is 25.9. The average molecular weight is 705 g/mol. The highest BCUT2D eigenvalue weighted by Crippen LogP contribution is 2.43. The van der Waals surface area contributed by atoms with Gasteiger partial charge < -0.3 is 14.5 Å². The van der Waals surface area contributed by atoms with Crippen molar-refractivity contribution in [1.82, 2.24) is 14.8 Å². The number of halogens is 7. The zero-order valence-electron chi connectivity index (χ0n) is 23.5. The van der Waals surface area contributed by atoms with Gasteiger partial charge in [0.1, 0.15) is 16.3 Å². The number of nitrogens with zero attached hydrogens (tertiary/aromatic N) is 3. The molecule has 0 unspecified atom stereocenters. The van der Waals surface area contributed by atoms with Crippen LogP contribution in [0.1, 0.15) is 64.7 Å². The number of piperidine rings is 1. The van der Waals surface area contributed by atoms with E-state index in [1.807, 2.05) is 18.2 Å². The van der Waals surface area contributed by atoms with Gasteiger partial charge in [0.05, 0.1) is 11.6 Å². The van der Waals surface area contributed by atoms with Crippen molar-refractivity contribution in [2.75, 3.05) is 13.1 Å². The number of pyridine rings is 1. The molecule has 2 aliphatic rings. The smallest absolute Gasteiger partial charge is 0.425 e. The molecule has 4 heterocycles. The first-order chi connectivity index (χ1) is 20.7. The molecule has 3 aromatic rings. The van der Waals surface area contributed by atoms with Crippen molar-refractivity contribution in [2.45, 2.75) is 69.6 Å². The molecule has 44 heavy (non-hydrogen) atoms. The van der Waals surface area contributed by atoms with E-state index in [2.05, 4.69) is 20.9 Å². The van der Waals surface area contributed by atoms with Gasteiger partial charge in [0.2, 0.25) is 5.60 Å². The molecule has 2 aliphatic heterocycles. The van der Waals surface area contributed by atoms with Gasteiger partial charge in [-0.1, -0.05) is 35.3 Å². The van der Waals surface area contributed by atoms with Crippen LogP contribution < -0.4 is 4.74 Å². The summed E-state index contributed by atoms with van der Waals surface area (Å²) in [7, 11) is 0. The molecule has 1 aromatic carbocycles. The summed E-state index contributed by atoms with van der Waals surface area (Å²) in [6.07, 6.45) is -7.12. The zero-order chi connectivity index (χ0) is 31.9. The van der Waals surface area contributed by atoms with E-state index in [1.165, 1.54) is 4.90 Å². The lowest BCUT2D eigenvalue weighted by molar-refractivity contribution is -0.160. The Labute approximate surface area is 262 Å². The molecule has 236 valence electrons. The van der Waals surface area contributed by atoms with E-state index in [0.29, 0.717) is 24.2 Å². The lowest BCUT2D eigenvalue weighted by atomic mass is 9.79. The maximum absolute atomic E-state index is 14.6. The van der Waals surface area contributed by atoms with E-state index < -0.39 is 51.9 Å². The Morgan fingerprint density at radius 1 is 1.09 bits per heavy atom. The van der Waals surface area contributed by atoms with E-state index >= 15 is 0 Å². The number of fused-ring (bicyclic) bond motifs is 1. The quantitative estimate of drug-likeness (QED) is 0.247. The van der Waals surface area contributed by atoms with E-state index in [-0.39, 0.29) is 44.6 Å². The van der Waals surface area contributed by atoms with Crippen LogP contribution in [0.4, 0.5) is 26.3 Å². The molecule has 1 fully saturated rings. The fourth-order valence-electron chi connectivity index (χ4n) is 6.04. The lowest BCUT2D eigenvalue weighted by Gasteiger charge is -2.50. The van der Waals surface area contributed by atoms with Crippen LogP contribution in [-0.2, 0) is 30.1 Å². The van der Waals surface area contributed by atoms with Gasteiger partial charge in [0, 0.05) is 48.2 Å². The molecular formula is C30H28BrF6N3O3S. The van der Waals surface area contributed by atoms with Crippen molar-refractivity contribution in [1.29, 1.82) is 0 Å². The fraction of sp³-hybridized carbons (Fsp3) is 0.433. The highest BCUT2D eigenvalue weighted by atomic mass is 79.9. The summed E-state index contributed by atoms with van der Waals surface area (Å²) in [6.45, 7) is 2.30. The van der Waals surface area contributed by atoms with E-state index in [1.54, 1.807) is 11.8 Å². The van der Waals surface area contributed by atoms with Crippen molar-refractivity contribution in [3.05, 3.63) is 79.7 Å². The van der Waals surface area contributed by atoms with Crippen LogP contribution in [0.15, 0.2) is 52.4 Å². The summed E-state index contributed by atoms with van der Waals surface area (Å²) in [6, 6.07) is 7.26. The Balaban J connectivity index is 1.58. The largest absolute Gasteiger partial charge is 0.474 e. The number of alkyl halides is 6. The molecule has 0 bridgehead atoms. The standard InChI is InChI=1S/C30H28BrF6N3O3S/c1-2-5-23-28(43-21-15-24(44-17-21)30(35,36)37,27(42)39-13-9-18-14-20(31)8-7-19(18)16-39)10-4-12-40(23)26(41)25-22(29(32,33)34)6-3-11-38-25/h3,6-8,11,14-15,17,23H,2,4-5,9-10,12-13,16H2,1H3/t23-,28+/m1/s1. The maximum atomic E-state index is 14.6. The Kier molecular flexibility index (Phi) is 9.05. The average Bonchev–Trinajstić information content (AvgIpc) is 3.46. The van der Waals surface area contributed by atoms with Crippen LogP contribution in [0.2, 0.25) is 0 Å². The Morgan fingerprint density at radius 2 is 1.86 bits per heavy atom. The van der Waals surface area contributed by atoms with Crippen LogP contribution in [0, 0.1) is 0 Å². The first-order valence-electron chi connectivity index (χ1n) is 14.0. The molecule has 6 nitrogen and oxygen atoms in total. The SMILES string of the molecule is CCC[C@H]1N(C(=O)c2ncccc2C(F)(F)F)CCC[C@@]1(Oc1csc(C(F)(F)F)c1)C(=O)N1CCc2cc(Br)ccc2C1. The third kappa shape index (κ3) is 6.33. The molecule has 2 aromatic heterocycles. The Morgan fingerprint density at radius 3 is 2.55 bits per heavy atom. The highest BCUT2D eigenvalue weighted by Gasteiger charge is 2.56. The van der Waals surface area contributed by atoms with Gasteiger partial charge in [-0.3, -0.25) is 14.6 Å². The second-order valence-electron chi connectivity index (χ2n) is 10.8. The minimum absolute atomic E-state index is 0.0179. The summed E-state index contributed by atoms with van der Waals surface area (Å²) in [5.74, 6) is -1.74. The molecule has 0 N–H and O–H groups in total. The molecule has 5 rings (SSSR count). The summed E-state index contributed by atoms with van der Waals surface area (Å²) in [4.78, 5) is 34.1. The number of carbonyl (C=O) groups excluding carboxylic acids is 2. The van der Waals surface area contributed by atoms with Crippen LogP contribution in [0.5, 0.6) is 5.75 Å². The predicted molar refractivity (Wildman–Crippen MR) is 154 cm³/mol. The fourth-order valence-corrected chi connectivity index (χ4v) is 7.12. The molecule has 0 saturated carbocycles. The maximum Gasteiger partial charge on any atom is 0.425 e. The summed E-state index contributed by atoms with van der Waals surface area (Å²) < 4.78 is 89.4. The third-order valence-corrected chi connectivity index (χ3v) is 9.43. The molecule has 1 saturated heterocycles. The molecule has 0 aliphatic carbocycles. The number of likely N-dealkylation sites (tertiary alicyclic amines) is 1. The van der Waals surface area contributed by atoms with Crippen molar-refractivity contribution in [3.63, 3.8) is 0 Å². The van der Waals surface area contributed by atoms with Crippen molar-refractivity contribution in [2.24, 2.45) is 0 Å². The predicted octanol–water partition coefficient (Wildman–Crippen LogP) is 7.75. The van der Waals surface area contributed by atoms with Crippen LogP contribution in [0.25, 0.3) is 0 Å². The normalized spacial score (nSPS) is 20.8. The topological polar surface area (TPSA) is 62.7 Å². The molecule has 0 radical (unpaired) electrons. The van der Waals surface area contributed by atoms with Gasteiger partial charge in [-0.15, -0.1) is 11.3 Å². The van der Waals surface area contributed by atoms with Gasteiger partial charge in [-0.25, -0.2) is 0 Å². The molecular weight excluding hydrogens is 676 g/mol. The first-order valence-corrected chi connectivity index (χ1v) is 15.7. The van der Waals surface area contributed by atoms with E-state index in [0.717, 1.165) is 45.4 Å². The summed E-state index contributed by atoms with van der Waals surface area (Å²) in [5, 5.41) is 1.16. The number of benzene rings is 1. The molecule has 2 amide bonds. The minimum Gasteiger partial charge on any atom is -0.474 e. The van der Waals surface area contributed by atoms with Gasteiger partial charge in [0.25, 0.3) is 11.8 Å². The minimum atomic E-state index is -4.86. The van der Waals surface area contributed by atoms with Gasteiger partial charge >= 0.3 is 12.4 Å². The molecule has 0 spiro atoms. The van der Waals surface area contributed by atoms with Crippen molar-refractivity contribution in [3.8, 4) is 5.75 Å². The van der Waals surface area contributed by atoms with Crippen molar-refractivity contribution < 1.29 is 40.7 Å². The number of hydrogen-bond acceptors (Lipinski definition) is 5. The molecule has 14 heteroatoms. The number of carbonyl (C=O) groups is 2. The van der Waals surface area contributed by atoms with Crippen molar-refractivity contribution >= 4 is 39.1 Å². The number of amides is 2. The van der Waals surface area contributed by atoms with E-state index in [4.69, 9.17) is 4.74 Å². The van der Waals surface area contributed by atoms with Crippen LogP contribution in [-0.4, -0.2) is 51.3 Å². The number of aromatic nitrogens is 1. The molecule has 2 atom stereocenters. The number of thiophene rings is 1. The summed E-state index contributed by atoms with van der Waals surface area (Å²) >= 11 is 3.86. The first kappa shape index (κ1) is 32.3. The second kappa shape index (κ2) is 12.3. The number of hydrogen-bond donors (Lipinski definition) is 0. The lowest BCUT2D eigenvalue weighted by Crippen LogP contribution is -2.68. The number of rotatable bonds is 6. The van der Waals surface area contributed by atoms with Gasteiger partial charge in [-0.2, -0.15) is 26.3 Å². The number of ether oxygens (including phenoxy) is 1. The van der Waals surface area contributed by atoms with Crippen LogP contribution >= 0.6 is 27.3 Å². The second-order valence-corrected chi connectivity index (χ2v) is 12.7. The highest BCUT2D eigenvalue weighted by molar-refractivity contribution is 9.10. The van der Waals surface area contributed by atoms with Crippen LogP contribution in [0.3, 0.4) is 0 Å². The monoisotopic (exact) mass is 703 g/mol. The van der Waals surface area contributed by atoms with E-state index in [9.17, 15) is 35.9 Å². The Hall–Kier alpha value is -3.13. The third-order valence-electron chi connectivity index (χ3n) is 7.98. The van der Waals surface area contributed by atoms with Gasteiger partial charge in [-0.05, 0) is 54.7 Å². The summed E-state index contributed by atoms with van der Waals surface area (Å²) in [5.41, 5.74) is -1.95.